The van der Waals surface area contributed by atoms with Crippen LogP contribution in [0, 0.1) is 11.6 Å². The van der Waals surface area contributed by atoms with Crippen LogP contribution in [-0.4, -0.2) is 10.9 Å². The molecule has 4 nitrogen and oxygen atoms in total. The van der Waals surface area contributed by atoms with Gasteiger partial charge in [-0.1, -0.05) is 6.07 Å². The lowest BCUT2D eigenvalue weighted by Gasteiger charge is -2.06. The van der Waals surface area contributed by atoms with E-state index in [9.17, 15) is 18.4 Å². The lowest BCUT2D eigenvalue weighted by atomic mass is 10.1. The van der Waals surface area contributed by atoms with E-state index in [-0.39, 0.29) is 24.3 Å². The first-order valence-corrected chi connectivity index (χ1v) is 7.38. The Hall–Kier alpha value is -3.02. The summed E-state index contributed by atoms with van der Waals surface area (Å²) in [5.74, 6) is -1.19. The molecule has 0 aliphatic carbocycles. The zero-order chi connectivity index (χ0) is 17.1. The van der Waals surface area contributed by atoms with Crippen molar-refractivity contribution >= 4 is 22.5 Å². The number of benzene rings is 2. The van der Waals surface area contributed by atoms with Crippen LogP contribution in [-0.2, 0) is 11.2 Å². The number of amides is 1. The molecule has 0 aliphatic rings. The number of fused-ring (bicyclic) bond motifs is 1. The smallest absolute Gasteiger partial charge is 0.251 e. The molecular formula is C18H14F2N2O2. The number of aryl methyl sites for hydroxylation is 1. The van der Waals surface area contributed by atoms with Crippen molar-refractivity contribution in [1.29, 1.82) is 0 Å². The van der Waals surface area contributed by atoms with E-state index in [1.54, 1.807) is 18.2 Å². The Morgan fingerprint density at radius 2 is 1.83 bits per heavy atom. The van der Waals surface area contributed by atoms with Gasteiger partial charge in [0.2, 0.25) is 5.91 Å². The van der Waals surface area contributed by atoms with Gasteiger partial charge in [-0.3, -0.25) is 9.59 Å². The standard InChI is InChI=1S/C18H14F2N2O2/c19-13-2-1-3-15(9-13)21-17(23)7-5-12-8-11-4-6-14(20)10-16(11)22-18(12)24/h1-4,6,8-10H,5,7H2,(H,21,23)(H,22,24). The largest absolute Gasteiger partial charge is 0.326 e. The van der Waals surface area contributed by atoms with Crippen LogP contribution in [0.15, 0.2) is 53.3 Å². The Morgan fingerprint density at radius 3 is 2.62 bits per heavy atom. The molecule has 0 bridgehead atoms. The normalized spacial score (nSPS) is 10.8. The van der Waals surface area contributed by atoms with Gasteiger partial charge >= 0.3 is 0 Å². The first kappa shape index (κ1) is 15.9. The summed E-state index contributed by atoms with van der Waals surface area (Å²) in [4.78, 5) is 26.5. The molecule has 24 heavy (non-hydrogen) atoms. The predicted molar refractivity (Wildman–Crippen MR) is 87.9 cm³/mol. The minimum atomic E-state index is -0.439. The van der Waals surface area contributed by atoms with Crippen LogP contribution in [0.5, 0.6) is 0 Å². The molecule has 3 aromatic rings. The molecule has 0 unspecified atom stereocenters. The predicted octanol–water partition coefficient (Wildman–Crippen LogP) is 3.38. The second-order valence-electron chi connectivity index (χ2n) is 5.41. The fourth-order valence-corrected chi connectivity index (χ4v) is 2.44. The molecule has 2 aromatic carbocycles. The Bertz CT molecular complexity index is 967. The minimum absolute atomic E-state index is 0.0757. The molecule has 1 amide bonds. The maximum Gasteiger partial charge on any atom is 0.251 e. The van der Waals surface area contributed by atoms with Gasteiger partial charge in [-0.05, 0) is 54.3 Å². The van der Waals surface area contributed by atoms with E-state index in [0.29, 0.717) is 22.2 Å². The Labute approximate surface area is 136 Å². The van der Waals surface area contributed by atoms with E-state index in [0.717, 1.165) is 0 Å². The van der Waals surface area contributed by atoms with E-state index < -0.39 is 11.6 Å². The van der Waals surface area contributed by atoms with Crippen molar-refractivity contribution < 1.29 is 13.6 Å². The van der Waals surface area contributed by atoms with Crippen molar-refractivity contribution in [2.24, 2.45) is 0 Å². The van der Waals surface area contributed by atoms with Gasteiger partial charge in [-0.25, -0.2) is 8.78 Å². The van der Waals surface area contributed by atoms with Gasteiger partial charge in [-0.15, -0.1) is 0 Å². The average molecular weight is 328 g/mol. The topological polar surface area (TPSA) is 62.0 Å². The zero-order valence-corrected chi connectivity index (χ0v) is 12.6. The molecular weight excluding hydrogens is 314 g/mol. The van der Waals surface area contributed by atoms with Crippen molar-refractivity contribution in [2.45, 2.75) is 12.8 Å². The van der Waals surface area contributed by atoms with Gasteiger partial charge in [0.15, 0.2) is 0 Å². The molecule has 6 heteroatoms. The average Bonchev–Trinajstić information content (AvgIpc) is 2.53. The first-order chi connectivity index (χ1) is 11.5. The number of hydrogen-bond acceptors (Lipinski definition) is 2. The van der Waals surface area contributed by atoms with Crippen molar-refractivity contribution in [2.75, 3.05) is 5.32 Å². The van der Waals surface area contributed by atoms with Gasteiger partial charge in [-0.2, -0.15) is 0 Å². The van der Waals surface area contributed by atoms with Crippen molar-refractivity contribution in [3.05, 3.63) is 76.1 Å². The summed E-state index contributed by atoms with van der Waals surface area (Å²) in [7, 11) is 0. The number of carbonyl (C=O) groups is 1. The van der Waals surface area contributed by atoms with Crippen LogP contribution in [0.1, 0.15) is 12.0 Å². The SMILES string of the molecule is O=C(CCc1cc2ccc(F)cc2[nH]c1=O)Nc1cccc(F)c1. The van der Waals surface area contributed by atoms with Gasteiger partial charge in [0.1, 0.15) is 11.6 Å². The molecule has 0 saturated heterocycles. The van der Waals surface area contributed by atoms with Crippen molar-refractivity contribution in [1.82, 2.24) is 4.98 Å². The molecule has 2 N–H and O–H groups in total. The van der Waals surface area contributed by atoms with Crippen LogP contribution in [0.2, 0.25) is 0 Å². The minimum Gasteiger partial charge on any atom is -0.326 e. The van der Waals surface area contributed by atoms with Crippen LogP contribution >= 0.6 is 0 Å². The lowest BCUT2D eigenvalue weighted by molar-refractivity contribution is -0.116. The molecule has 1 aromatic heterocycles. The highest BCUT2D eigenvalue weighted by atomic mass is 19.1. The molecule has 0 saturated carbocycles. The van der Waals surface area contributed by atoms with Crippen molar-refractivity contribution in [3.63, 3.8) is 0 Å². The molecule has 122 valence electrons. The molecule has 0 spiro atoms. The second kappa shape index (κ2) is 6.62. The summed E-state index contributed by atoms with van der Waals surface area (Å²) in [5.41, 5.74) is 0.853. The van der Waals surface area contributed by atoms with Crippen LogP contribution in [0.25, 0.3) is 10.9 Å². The highest BCUT2D eigenvalue weighted by Crippen LogP contribution is 2.14. The number of hydrogen-bond donors (Lipinski definition) is 2. The summed E-state index contributed by atoms with van der Waals surface area (Å²) in [5, 5.41) is 3.27. The van der Waals surface area contributed by atoms with Gasteiger partial charge in [0.25, 0.3) is 5.56 Å². The van der Waals surface area contributed by atoms with E-state index >= 15 is 0 Å². The van der Waals surface area contributed by atoms with Crippen LogP contribution < -0.4 is 10.9 Å². The zero-order valence-electron chi connectivity index (χ0n) is 12.6. The molecule has 1 heterocycles. The number of rotatable bonds is 4. The highest BCUT2D eigenvalue weighted by Gasteiger charge is 2.08. The van der Waals surface area contributed by atoms with Gasteiger partial charge in [0.05, 0.1) is 5.52 Å². The molecule has 0 atom stereocenters. The Balaban J connectivity index is 1.71. The van der Waals surface area contributed by atoms with Gasteiger partial charge in [0, 0.05) is 17.7 Å². The van der Waals surface area contributed by atoms with Crippen molar-refractivity contribution in [3.8, 4) is 0 Å². The lowest BCUT2D eigenvalue weighted by Crippen LogP contribution is -2.17. The Morgan fingerprint density at radius 1 is 1.04 bits per heavy atom. The number of aromatic nitrogens is 1. The summed E-state index contributed by atoms with van der Waals surface area (Å²) >= 11 is 0. The fourth-order valence-electron chi connectivity index (χ4n) is 2.44. The van der Waals surface area contributed by atoms with Crippen LogP contribution in [0.3, 0.4) is 0 Å². The number of H-pyrrole nitrogens is 1. The van der Waals surface area contributed by atoms with E-state index in [2.05, 4.69) is 10.3 Å². The number of halogens is 2. The summed E-state index contributed by atoms with van der Waals surface area (Å²) in [6, 6.07) is 11.3. The number of carbonyl (C=O) groups excluding carboxylic acids is 1. The van der Waals surface area contributed by atoms with Gasteiger partial charge < -0.3 is 10.3 Å². The second-order valence-corrected chi connectivity index (χ2v) is 5.41. The molecule has 0 aliphatic heterocycles. The monoisotopic (exact) mass is 328 g/mol. The number of nitrogens with one attached hydrogen (secondary N) is 2. The van der Waals surface area contributed by atoms with Crippen LogP contribution in [0.4, 0.5) is 14.5 Å². The molecule has 3 rings (SSSR count). The molecule has 0 fully saturated rings. The summed E-state index contributed by atoms with van der Waals surface area (Å²) in [6.07, 6.45) is 0.302. The first-order valence-electron chi connectivity index (χ1n) is 7.38. The summed E-state index contributed by atoms with van der Waals surface area (Å²) < 4.78 is 26.2. The van der Waals surface area contributed by atoms with E-state index in [1.165, 1.54) is 30.3 Å². The van der Waals surface area contributed by atoms with E-state index in [1.807, 2.05) is 0 Å². The van der Waals surface area contributed by atoms with E-state index in [4.69, 9.17) is 0 Å². The molecule has 0 radical (unpaired) electrons. The quantitative estimate of drug-likeness (QED) is 0.771. The maximum absolute atomic E-state index is 13.2. The number of anilines is 1. The Kier molecular flexibility index (Phi) is 4.37. The highest BCUT2D eigenvalue weighted by molar-refractivity contribution is 5.90. The third kappa shape index (κ3) is 3.65. The fraction of sp³-hybridized carbons (Fsp3) is 0.111. The maximum atomic E-state index is 13.2. The number of aromatic amines is 1. The number of pyridine rings is 1. The third-order valence-electron chi connectivity index (χ3n) is 3.61. The third-order valence-corrected chi connectivity index (χ3v) is 3.61. The summed E-state index contributed by atoms with van der Waals surface area (Å²) in [6.45, 7) is 0.